The van der Waals surface area contributed by atoms with Crippen molar-refractivity contribution in [1.29, 1.82) is 0 Å². The molecule has 1 N–H and O–H groups in total. The second-order valence-corrected chi connectivity index (χ2v) is 6.62. The second-order valence-electron chi connectivity index (χ2n) is 5.58. The molecule has 2 aromatic rings. The molecule has 0 fully saturated rings. The Morgan fingerprint density at radius 3 is 2.76 bits per heavy atom. The summed E-state index contributed by atoms with van der Waals surface area (Å²) >= 11 is 1.87. The fourth-order valence-electron chi connectivity index (χ4n) is 2.10. The highest BCUT2D eigenvalue weighted by atomic mass is 32.2. The van der Waals surface area contributed by atoms with Crippen molar-refractivity contribution in [3.05, 3.63) is 47.3 Å². The van der Waals surface area contributed by atoms with Crippen LogP contribution in [0.25, 0.3) is 0 Å². The Hall–Kier alpha value is -1.26. The molecule has 1 aromatic carbocycles. The summed E-state index contributed by atoms with van der Waals surface area (Å²) in [6.07, 6.45) is 0.995. The lowest BCUT2D eigenvalue weighted by molar-refractivity contribution is 0.588. The first-order valence-corrected chi connectivity index (χ1v) is 8.54. The first-order chi connectivity index (χ1) is 10.1. The number of hydrogen-bond acceptors (Lipinski definition) is 3. The zero-order chi connectivity index (χ0) is 15.2. The molecular formula is C17H25N3S. The molecule has 0 amide bonds. The lowest BCUT2D eigenvalue weighted by Crippen LogP contribution is -2.21. The number of aromatic nitrogens is 2. The van der Waals surface area contributed by atoms with Gasteiger partial charge in [0.15, 0.2) is 0 Å². The molecule has 1 heterocycles. The molecule has 0 aliphatic carbocycles. The Bertz CT molecular complexity index is 575. The highest BCUT2D eigenvalue weighted by molar-refractivity contribution is 7.98. The number of benzene rings is 1. The van der Waals surface area contributed by atoms with Crippen LogP contribution in [0.5, 0.6) is 0 Å². The van der Waals surface area contributed by atoms with Gasteiger partial charge in [-0.3, -0.25) is 4.68 Å². The molecule has 0 atom stereocenters. The third-order valence-corrected chi connectivity index (χ3v) is 4.42. The van der Waals surface area contributed by atoms with E-state index in [1.165, 1.54) is 21.8 Å². The van der Waals surface area contributed by atoms with E-state index in [1.54, 1.807) is 0 Å². The molecule has 21 heavy (non-hydrogen) atoms. The van der Waals surface area contributed by atoms with Crippen LogP contribution in [0.1, 0.15) is 37.7 Å². The smallest absolute Gasteiger partial charge is 0.0625 e. The van der Waals surface area contributed by atoms with Gasteiger partial charge in [-0.2, -0.15) is 5.10 Å². The first kappa shape index (κ1) is 16.1. The van der Waals surface area contributed by atoms with E-state index in [9.17, 15) is 0 Å². The van der Waals surface area contributed by atoms with Crippen molar-refractivity contribution in [1.82, 2.24) is 15.1 Å². The molecule has 0 radical (unpaired) electrons. The third kappa shape index (κ3) is 4.90. The van der Waals surface area contributed by atoms with Gasteiger partial charge in [0, 0.05) is 36.0 Å². The molecule has 0 unspecified atom stereocenters. The van der Waals surface area contributed by atoms with Crippen molar-refractivity contribution >= 4 is 11.8 Å². The fraction of sp³-hybridized carbons (Fsp3) is 0.471. The number of nitrogens with one attached hydrogen (secondary N) is 1. The second kappa shape index (κ2) is 7.66. The van der Waals surface area contributed by atoms with Crippen LogP contribution in [0.4, 0.5) is 0 Å². The minimum Gasteiger partial charge on any atom is -0.310 e. The van der Waals surface area contributed by atoms with Gasteiger partial charge in [0.2, 0.25) is 0 Å². The van der Waals surface area contributed by atoms with E-state index in [2.05, 4.69) is 61.5 Å². The maximum absolute atomic E-state index is 4.50. The van der Waals surface area contributed by atoms with Crippen molar-refractivity contribution < 1.29 is 0 Å². The van der Waals surface area contributed by atoms with E-state index < -0.39 is 0 Å². The summed E-state index contributed by atoms with van der Waals surface area (Å²) in [6.45, 7) is 7.42. The highest BCUT2D eigenvalue weighted by Crippen LogP contribution is 2.24. The maximum atomic E-state index is 4.50. The van der Waals surface area contributed by atoms with Crippen molar-refractivity contribution in [2.45, 2.75) is 50.4 Å². The van der Waals surface area contributed by atoms with Gasteiger partial charge in [-0.05, 0) is 30.2 Å². The van der Waals surface area contributed by atoms with Crippen LogP contribution in [0.2, 0.25) is 0 Å². The zero-order valence-electron chi connectivity index (χ0n) is 13.4. The SMILES string of the molecule is CCc1cc(CSc2cccc(CNC(C)C)c2)n(C)n1. The Kier molecular flexibility index (Phi) is 5.88. The Morgan fingerprint density at radius 2 is 2.10 bits per heavy atom. The van der Waals surface area contributed by atoms with Crippen molar-refractivity contribution in [2.75, 3.05) is 0 Å². The average molecular weight is 303 g/mol. The minimum absolute atomic E-state index is 0.517. The molecule has 0 saturated carbocycles. The van der Waals surface area contributed by atoms with Crippen LogP contribution in [0.3, 0.4) is 0 Å². The summed E-state index contributed by atoms with van der Waals surface area (Å²) in [4.78, 5) is 1.32. The summed E-state index contributed by atoms with van der Waals surface area (Å²) in [5.74, 6) is 0.963. The van der Waals surface area contributed by atoms with Crippen LogP contribution in [0.15, 0.2) is 35.2 Å². The minimum atomic E-state index is 0.517. The fourth-order valence-corrected chi connectivity index (χ4v) is 3.10. The lowest BCUT2D eigenvalue weighted by Gasteiger charge is -2.09. The number of thioether (sulfide) groups is 1. The highest BCUT2D eigenvalue weighted by Gasteiger charge is 2.05. The molecule has 3 nitrogen and oxygen atoms in total. The summed E-state index contributed by atoms with van der Waals surface area (Å²) in [5.41, 5.74) is 3.79. The van der Waals surface area contributed by atoms with Gasteiger partial charge in [-0.15, -0.1) is 11.8 Å². The largest absolute Gasteiger partial charge is 0.310 e. The van der Waals surface area contributed by atoms with Crippen molar-refractivity contribution in [2.24, 2.45) is 7.05 Å². The molecule has 2 rings (SSSR count). The van der Waals surface area contributed by atoms with Gasteiger partial charge in [-0.25, -0.2) is 0 Å². The van der Waals surface area contributed by atoms with E-state index in [1.807, 2.05) is 23.5 Å². The number of aryl methyl sites for hydroxylation is 2. The van der Waals surface area contributed by atoms with Crippen LogP contribution >= 0.6 is 11.8 Å². The standard InChI is InChI=1S/C17H25N3S/c1-5-15-10-16(20(4)19-15)12-21-17-8-6-7-14(9-17)11-18-13(2)3/h6-10,13,18H,5,11-12H2,1-4H3. The zero-order valence-corrected chi connectivity index (χ0v) is 14.2. The van der Waals surface area contributed by atoms with E-state index in [0.717, 1.165) is 18.7 Å². The van der Waals surface area contributed by atoms with Crippen LogP contribution in [-0.2, 0) is 25.8 Å². The van der Waals surface area contributed by atoms with Crippen LogP contribution in [0, 0.1) is 0 Å². The molecule has 0 aliphatic heterocycles. The molecule has 4 heteroatoms. The van der Waals surface area contributed by atoms with E-state index in [4.69, 9.17) is 0 Å². The molecular weight excluding hydrogens is 278 g/mol. The van der Waals surface area contributed by atoms with Gasteiger partial charge in [-0.1, -0.05) is 32.9 Å². The normalized spacial score (nSPS) is 11.3. The van der Waals surface area contributed by atoms with E-state index >= 15 is 0 Å². The van der Waals surface area contributed by atoms with E-state index in [-0.39, 0.29) is 0 Å². The van der Waals surface area contributed by atoms with Gasteiger partial charge in [0.1, 0.15) is 0 Å². The van der Waals surface area contributed by atoms with Gasteiger partial charge >= 0.3 is 0 Å². The topological polar surface area (TPSA) is 29.9 Å². The molecule has 0 saturated heterocycles. The lowest BCUT2D eigenvalue weighted by atomic mass is 10.2. The summed E-state index contributed by atoms with van der Waals surface area (Å²) in [6, 6.07) is 11.5. The van der Waals surface area contributed by atoms with Crippen molar-refractivity contribution in [3.8, 4) is 0 Å². The summed E-state index contributed by atoms with van der Waals surface area (Å²) in [5, 5.41) is 7.96. The van der Waals surface area contributed by atoms with Gasteiger partial charge < -0.3 is 5.32 Å². The molecule has 0 aliphatic rings. The summed E-state index contributed by atoms with van der Waals surface area (Å²) in [7, 11) is 2.03. The average Bonchev–Trinajstić information content (AvgIpc) is 2.84. The summed E-state index contributed by atoms with van der Waals surface area (Å²) < 4.78 is 2.00. The maximum Gasteiger partial charge on any atom is 0.0625 e. The molecule has 0 spiro atoms. The Balaban J connectivity index is 1.96. The number of nitrogens with zero attached hydrogens (tertiary/aromatic N) is 2. The number of hydrogen-bond donors (Lipinski definition) is 1. The first-order valence-electron chi connectivity index (χ1n) is 7.55. The van der Waals surface area contributed by atoms with E-state index in [0.29, 0.717) is 6.04 Å². The Labute approximate surface area is 132 Å². The molecule has 0 bridgehead atoms. The van der Waals surface area contributed by atoms with Gasteiger partial charge in [0.25, 0.3) is 0 Å². The quantitative estimate of drug-likeness (QED) is 0.790. The molecule has 1 aromatic heterocycles. The van der Waals surface area contributed by atoms with Crippen molar-refractivity contribution in [3.63, 3.8) is 0 Å². The van der Waals surface area contributed by atoms with Crippen LogP contribution < -0.4 is 5.32 Å². The van der Waals surface area contributed by atoms with Gasteiger partial charge in [0.05, 0.1) is 5.69 Å². The predicted molar refractivity (Wildman–Crippen MR) is 90.6 cm³/mol. The Morgan fingerprint density at radius 1 is 1.29 bits per heavy atom. The molecule has 114 valence electrons. The van der Waals surface area contributed by atoms with Crippen LogP contribution in [-0.4, -0.2) is 15.8 Å². The third-order valence-electron chi connectivity index (χ3n) is 3.39. The predicted octanol–water partition coefficient (Wildman–Crippen LogP) is 3.77. The number of rotatable bonds is 7. The monoisotopic (exact) mass is 303 g/mol.